The summed E-state index contributed by atoms with van der Waals surface area (Å²) in [7, 11) is 3.36. The number of hydrogen-bond acceptors (Lipinski definition) is 5. The average Bonchev–Trinajstić information content (AvgIpc) is 2.59. The zero-order valence-electron chi connectivity index (χ0n) is 14.0. The normalized spacial score (nSPS) is 12.0. The molecule has 0 saturated heterocycles. The molecule has 0 amide bonds. The number of ether oxygens (including phenoxy) is 2. The predicted molar refractivity (Wildman–Crippen MR) is 89.9 cm³/mol. The molecule has 1 atom stereocenters. The van der Waals surface area contributed by atoms with Crippen molar-refractivity contribution < 1.29 is 19.4 Å². The molecule has 0 spiro atoms. The number of nitrogens with zero attached hydrogens (tertiary/aromatic N) is 1. The van der Waals surface area contributed by atoms with E-state index >= 15 is 0 Å². The molecular weight excluding hydrogens is 306 g/mol. The van der Waals surface area contributed by atoms with E-state index in [-0.39, 0.29) is 12.6 Å². The number of carbonyl (C=O) groups excluding carboxylic acids is 1. The summed E-state index contributed by atoms with van der Waals surface area (Å²) in [6, 6.07) is 17.3. The molecular formula is C19H22NO4-. The van der Waals surface area contributed by atoms with Gasteiger partial charge in [-0.1, -0.05) is 42.5 Å². The Balaban J connectivity index is 2.13. The molecule has 0 fully saturated rings. The molecule has 5 nitrogen and oxygen atoms in total. The van der Waals surface area contributed by atoms with Gasteiger partial charge in [0.1, 0.15) is 6.10 Å². The van der Waals surface area contributed by atoms with Gasteiger partial charge in [0.2, 0.25) is 0 Å². The van der Waals surface area contributed by atoms with Crippen LogP contribution < -0.4 is 14.6 Å². The van der Waals surface area contributed by atoms with Crippen molar-refractivity contribution in [2.45, 2.75) is 12.5 Å². The highest BCUT2D eigenvalue weighted by molar-refractivity contribution is 5.66. The van der Waals surface area contributed by atoms with Gasteiger partial charge in [-0.25, -0.2) is 0 Å². The van der Waals surface area contributed by atoms with Crippen molar-refractivity contribution in [2.24, 2.45) is 0 Å². The minimum absolute atomic E-state index is 0.101. The van der Waals surface area contributed by atoms with Crippen LogP contribution in [0.5, 0.6) is 11.5 Å². The van der Waals surface area contributed by atoms with Gasteiger partial charge in [-0.05, 0) is 24.7 Å². The number of hydrogen-bond donors (Lipinski definition) is 0. The quantitative estimate of drug-likeness (QED) is 0.703. The van der Waals surface area contributed by atoms with Crippen LogP contribution in [0.15, 0.2) is 54.6 Å². The van der Waals surface area contributed by atoms with Gasteiger partial charge in [0.25, 0.3) is 0 Å². The first-order chi connectivity index (χ1) is 11.6. The minimum atomic E-state index is -1.08. The Bertz CT molecular complexity index is 645. The molecule has 0 aliphatic rings. The van der Waals surface area contributed by atoms with Gasteiger partial charge in [-0.2, -0.15) is 0 Å². The lowest BCUT2D eigenvalue weighted by Crippen LogP contribution is -2.36. The van der Waals surface area contributed by atoms with Crippen LogP contribution in [-0.2, 0) is 4.79 Å². The van der Waals surface area contributed by atoms with Crippen LogP contribution in [-0.4, -0.2) is 38.1 Å². The van der Waals surface area contributed by atoms with Crippen LogP contribution in [0, 0.1) is 0 Å². The molecule has 0 heterocycles. The Kier molecular flexibility index (Phi) is 6.63. The van der Waals surface area contributed by atoms with E-state index in [1.807, 2.05) is 54.6 Å². The molecule has 1 unspecified atom stereocenters. The molecule has 0 N–H and O–H groups in total. The van der Waals surface area contributed by atoms with E-state index in [9.17, 15) is 9.90 Å². The first kappa shape index (κ1) is 17.8. The molecule has 0 bridgehead atoms. The second-order valence-corrected chi connectivity index (χ2v) is 5.57. The summed E-state index contributed by atoms with van der Waals surface area (Å²) in [6.45, 7) is 0.471. The molecule has 2 rings (SSSR count). The summed E-state index contributed by atoms with van der Waals surface area (Å²) in [5.41, 5.74) is 1.03. The molecule has 0 saturated carbocycles. The first-order valence-corrected chi connectivity index (χ1v) is 7.83. The Morgan fingerprint density at radius 2 is 1.71 bits per heavy atom. The largest absolute Gasteiger partial charge is 0.549 e. The van der Waals surface area contributed by atoms with E-state index in [1.165, 1.54) is 0 Å². The summed E-state index contributed by atoms with van der Waals surface area (Å²) >= 11 is 0. The molecule has 0 aliphatic carbocycles. The van der Waals surface area contributed by atoms with Crippen LogP contribution in [0.4, 0.5) is 0 Å². The lowest BCUT2D eigenvalue weighted by atomic mass is 10.1. The van der Waals surface area contributed by atoms with E-state index in [0.717, 1.165) is 5.56 Å². The zero-order valence-corrected chi connectivity index (χ0v) is 14.0. The van der Waals surface area contributed by atoms with E-state index in [2.05, 4.69) is 0 Å². The number of carboxylic acids is 1. The van der Waals surface area contributed by atoms with E-state index in [0.29, 0.717) is 24.5 Å². The lowest BCUT2D eigenvalue weighted by molar-refractivity contribution is -0.306. The molecule has 0 radical (unpaired) electrons. The van der Waals surface area contributed by atoms with Crippen molar-refractivity contribution in [3.05, 3.63) is 60.2 Å². The summed E-state index contributed by atoms with van der Waals surface area (Å²) in [6.07, 6.45) is 0.443. The SMILES string of the molecule is COc1ccccc1OC(CCN(C)CC(=O)[O-])c1ccccc1. The zero-order chi connectivity index (χ0) is 17.4. The van der Waals surface area contributed by atoms with Crippen LogP contribution in [0.1, 0.15) is 18.1 Å². The maximum Gasteiger partial charge on any atom is 0.162 e. The fraction of sp³-hybridized carbons (Fsp3) is 0.316. The Labute approximate surface area is 142 Å². The third-order valence-corrected chi connectivity index (χ3v) is 3.68. The fourth-order valence-corrected chi connectivity index (χ4v) is 2.47. The smallest absolute Gasteiger partial charge is 0.162 e. The Hall–Kier alpha value is -2.53. The van der Waals surface area contributed by atoms with Crippen LogP contribution in [0.25, 0.3) is 0 Å². The van der Waals surface area contributed by atoms with Gasteiger partial charge >= 0.3 is 0 Å². The van der Waals surface area contributed by atoms with E-state index in [4.69, 9.17) is 9.47 Å². The maximum absolute atomic E-state index is 10.7. The van der Waals surface area contributed by atoms with Crippen molar-refractivity contribution in [1.29, 1.82) is 0 Å². The maximum atomic E-state index is 10.7. The fourth-order valence-electron chi connectivity index (χ4n) is 2.47. The molecule has 128 valence electrons. The Morgan fingerprint density at radius 3 is 2.33 bits per heavy atom. The summed E-state index contributed by atoms with van der Waals surface area (Å²) in [5.74, 6) is 0.248. The number of para-hydroxylation sites is 2. The third-order valence-electron chi connectivity index (χ3n) is 3.68. The Morgan fingerprint density at radius 1 is 1.08 bits per heavy atom. The van der Waals surface area contributed by atoms with Gasteiger partial charge in [-0.3, -0.25) is 0 Å². The van der Waals surface area contributed by atoms with Crippen molar-refractivity contribution in [3.63, 3.8) is 0 Å². The van der Waals surface area contributed by atoms with Crippen LogP contribution in [0.2, 0.25) is 0 Å². The first-order valence-electron chi connectivity index (χ1n) is 7.83. The molecule has 24 heavy (non-hydrogen) atoms. The highest BCUT2D eigenvalue weighted by Gasteiger charge is 2.16. The van der Waals surface area contributed by atoms with Crippen molar-refractivity contribution in [3.8, 4) is 11.5 Å². The number of rotatable bonds is 9. The van der Waals surface area contributed by atoms with Gasteiger partial charge < -0.3 is 24.3 Å². The van der Waals surface area contributed by atoms with Crippen molar-refractivity contribution in [2.75, 3.05) is 27.2 Å². The van der Waals surface area contributed by atoms with E-state index < -0.39 is 5.97 Å². The molecule has 2 aromatic carbocycles. The van der Waals surface area contributed by atoms with Gasteiger partial charge in [0.15, 0.2) is 11.5 Å². The van der Waals surface area contributed by atoms with Gasteiger partial charge in [0, 0.05) is 19.5 Å². The van der Waals surface area contributed by atoms with Crippen molar-refractivity contribution >= 4 is 5.97 Å². The number of likely N-dealkylation sites (N-methyl/N-ethyl adjacent to an activating group) is 1. The van der Waals surface area contributed by atoms with Crippen LogP contribution in [0.3, 0.4) is 0 Å². The number of benzene rings is 2. The predicted octanol–water partition coefficient (Wildman–Crippen LogP) is 1.89. The van der Waals surface area contributed by atoms with Gasteiger partial charge in [-0.15, -0.1) is 0 Å². The molecule has 2 aromatic rings. The second kappa shape index (κ2) is 8.93. The average molecular weight is 328 g/mol. The van der Waals surface area contributed by atoms with Crippen LogP contribution >= 0.6 is 0 Å². The molecule has 0 aromatic heterocycles. The summed E-state index contributed by atoms with van der Waals surface area (Å²) in [5, 5.41) is 10.7. The number of carbonyl (C=O) groups is 1. The van der Waals surface area contributed by atoms with Crippen molar-refractivity contribution in [1.82, 2.24) is 4.90 Å². The van der Waals surface area contributed by atoms with Gasteiger partial charge in [0.05, 0.1) is 13.1 Å². The topological polar surface area (TPSA) is 61.8 Å². The highest BCUT2D eigenvalue weighted by atomic mass is 16.5. The third kappa shape index (κ3) is 5.28. The number of methoxy groups -OCH3 is 1. The minimum Gasteiger partial charge on any atom is -0.549 e. The number of aliphatic carboxylic acids is 1. The van der Waals surface area contributed by atoms with E-state index in [1.54, 1.807) is 19.1 Å². The summed E-state index contributed by atoms with van der Waals surface area (Å²) in [4.78, 5) is 12.4. The lowest BCUT2D eigenvalue weighted by Gasteiger charge is -2.24. The highest BCUT2D eigenvalue weighted by Crippen LogP contribution is 2.32. The molecule has 0 aliphatic heterocycles. The second-order valence-electron chi connectivity index (χ2n) is 5.57. The number of carboxylic acid groups (broad SMARTS) is 1. The monoisotopic (exact) mass is 328 g/mol. The summed E-state index contributed by atoms with van der Waals surface area (Å²) < 4.78 is 11.5. The molecule has 5 heteroatoms. The standard InChI is InChI=1S/C19H23NO4/c1-20(14-19(21)22)13-12-16(15-8-4-3-5-9-15)24-18-11-7-6-10-17(18)23-2/h3-11,16H,12-14H2,1-2H3,(H,21,22)/p-1.